The third-order valence-corrected chi connectivity index (χ3v) is 13.3. The minimum absolute atomic E-state index is 0.0293. The van der Waals surface area contributed by atoms with Crippen molar-refractivity contribution in [1.82, 2.24) is 0 Å². The monoisotopic (exact) mass is 460 g/mol. The lowest BCUT2D eigenvalue weighted by atomic mass is 9.35. The molecule has 0 spiro atoms. The summed E-state index contributed by atoms with van der Waals surface area (Å²) in [6.07, 6.45) is 11.9. The highest BCUT2D eigenvalue weighted by atomic mass is 16.5. The van der Waals surface area contributed by atoms with Crippen LogP contribution in [0.1, 0.15) is 120 Å². The van der Waals surface area contributed by atoms with Gasteiger partial charge in [-0.1, -0.05) is 34.6 Å². The van der Waals surface area contributed by atoms with Crippen molar-refractivity contribution in [2.24, 2.45) is 45.3 Å². The van der Waals surface area contributed by atoms with Crippen LogP contribution in [0.25, 0.3) is 0 Å². The first-order valence-electron chi connectivity index (χ1n) is 14.2. The molecule has 0 radical (unpaired) electrons. The average molecular weight is 461 g/mol. The van der Waals surface area contributed by atoms with Crippen molar-refractivity contribution in [2.45, 2.75) is 143 Å². The van der Waals surface area contributed by atoms with Gasteiger partial charge in [0.1, 0.15) is 0 Å². The van der Waals surface area contributed by atoms with Gasteiger partial charge >= 0.3 is 0 Å². The lowest BCUT2D eigenvalue weighted by molar-refractivity contribution is -0.227. The second-order valence-electron chi connectivity index (χ2n) is 15.3. The van der Waals surface area contributed by atoms with Crippen LogP contribution in [-0.4, -0.2) is 33.6 Å². The lowest BCUT2D eigenvalue weighted by Gasteiger charge is -2.70. The summed E-state index contributed by atoms with van der Waals surface area (Å²) in [5.74, 6) is 2.73. The summed E-state index contributed by atoms with van der Waals surface area (Å²) in [5.41, 5.74) is 0.277. The highest BCUT2D eigenvalue weighted by Crippen LogP contribution is 2.76. The molecule has 0 aromatic carbocycles. The Morgan fingerprint density at radius 3 is 2.00 bits per heavy atom. The van der Waals surface area contributed by atoms with E-state index in [2.05, 4.69) is 41.5 Å². The number of ether oxygens (including phenoxy) is 1. The van der Waals surface area contributed by atoms with Crippen LogP contribution in [0.4, 0.5) is 0 Å². The van der Waals surface area contributed by atoms with E-state index in [1.54, 1.807) is 0 Å². The second-order valence-corrected chi connectivity index (χ2v) is 15.3. The molecule has 5 fully saturated rings. The van der Waals surface area contributed by atoms with E-state index in [1.165, 1.54) is 44.9 Å². The molecular weight excluding hydrogens is 408 g/mol. The fraction of sp³-hybridized carbons (Fsp3) is 1.00. The van der Waals surface area contributed by atoms with Gasteiger partial charge < -0.3 is 14.9 Å². The largest absolute Gasteiger partial charge is 0.393 e. The molecule has 1 heterocycles. The molecule has 5 aliphatic rings. The molecular formula is C30H52O3. The summed E-state index contributed by atoms with van der Waals surface area (Å²) in [7, 11) is 0. The smallest absolute Gasteiger partial charge is 0.0865 e. The van der Waals surface area contributed by atoms with Gasteiger partial charge in [0.2, 0.25) is 0 Å². The Morgan fingerprint density at radius 2 is 1.36 bits per heavy atom. The summed E-state index contributed by atoms with van der Waals surface area (Å²) in [6.45, 7) is 18.8. The maximum Gasteiger partial charge on any atom is 0.0865 e. The first-order chi connectivity index (χ1) is 15.1. The lowest BCUT2D eigenvalue weighted by Crippen LogP contribution is -2.64. The number of hydrogen-bond acceptors (Lipinski definition) is 3. The van der Waals surface area contributed by atoms with E-state index in [-0.39, 0.29) is 23.2 Å². The zero-order chi connectivity index (χ0) is 24.2. The summed E-state index contributed by atoms with van der Waals surface area (Å²) in [5, 5.41) is 21.5. The molecule has 33 heavy (non-hydrogen) atoms. The molecule has 0 bridgehead atoms. The van der Waals surface area contributed by atoms with E-state index >= 15 is 0 Å². The van der Waals surface area contributed by atoms with Crippen LogP contribution in [0, 0.1) is 45.3 Å². The van der Waals surface area contributed by atoms with Crippen molar-refractivity contribution in [3.8, 4) is 0 Å². The van der Waals surface area contributed by atoms with Crippen molar-refractivity contribution in [1.29, 1.82) is 0 Å². The van der Waals surface area contributed by atoms with E-state index in [0.29, 0.717) is 28.1 Å². The van der Waals surface area contributed by atoms with Crippen LogP contribution in [0.2, 0.25) is 0 Å². The van der Waals surface area contributed by atoms with Crippen molar-refractivity contribution in [3.05, 3.63) is 0 Å². The summed E-state index contributed by atoms with van der Waals surface area (Å²) < 4.78 is 6.73. The van der Waals surface area contributed by atoms with Gasteiger partial charge in [-0.05, 0) is 130 Å². The number of aliphatic hydroxyl groups is 2. The molecule has 5 rings (SSSR count). The molecule has 0 aromatic rings. The second kappa shape index (κ2) is 7.22. The van der Waals surface area contributed by atoms with Gasteiger partial charge in [-0.25, -0.2) is 0 Å². The maximum absolute atomic E-state index is 10.9. The SMILES string of the molecule is CC(C)(O)[C@H]1CC[C@@](C)([C@@H]2CC[C@]3(C)[C@@H]2CC[C@@H]2[C@@]4(C)CC[C@H](O)C(C)(C)[C@@H]4CC[C@]23C)O1. The van der Waals surface area contributed by atoms with E-state index in [4.69, 9.17) is 4.74 Å². The fourth-order valence-electron chi connectivity index (χ4n) is 11.1. The van der Waals surface area contributed by atoms with Gasteiger partial charge in [-0.15, -0.1) is 0 Å². The van der Waals surface area contributed by atoms with Crippen molar-refractivity contribution >= 4 is 0 Å². The average Bonchev–Trinajstić information content (AvgIpc) is 3.27. The Bertz CT molecular complexity index is 784. The third kappa shape index (κ3) is 3.16. The summed E-state index contributed by atoms with van der Waals surface area (Å²) in [6, 6.07) is 0. The van der Waals surface area contributed by atoms with Crippen LogP contribution in [-0.2, 0) is 4.74 Å². The minimum Gasteiger partial charge on any atom is -0.393 e. The van der Waals surface area contributed by atoms with Gasteiger partial charge in [0.25, 0.3) is 0 Å². The normalized spacial score (nSPS) is 56.2. The molecule has 0 amide bonds. The quantitative estimate of drug-likeness (QED) is 0.480. The maximum atomic E-state index is 10.9. The Balaban J connectivity index is 1.44. The molecule has 4 aliphatic carbocycles. The number of aliphatic hydroxyl groups excluding tert-OH is 1. The highest BCUT2D eigenvalue weighted by molar-refractivity contribution is 5.18. The fourth-order valence-corrected chi connectivity index (χ4v) is 11.1. The Labute approximate surface area is 203 Å². The Morgan fingerprint density at radius 1 is 0.697 bits per heavy atom. The standard InChI is InChI=1S/C30H52O3/c1-25(2)21-12-17-29(7)22(27(21,5)15-13-23(25)31)10-9-19-20(11-16-28(19,29)6)30(8)18-14-24(33-30)26(3,4)32/h19-24,31-32H,9-18H2,1-8H3/t19-,20-,21+,22-,23+,24-,27+,28-,29-,30+/m1/s1. The van der Waals surface area contributed by atoms with E-state index < -0.39 is 5.60 Å². The van der Waals surface area contributed by atoms with Gasteiger partial charge in [0, 0.05) is 0 Å². The van der Waals surface area contributed by atoms with Gasteiger partial charge in [0.15, 0.2) is 0 Å². The molecule has 3 nitrogen and oxygen atoms in total. The van der Waals surface area contributed by atoms with Gasteiger partial charge in [0.05, 0.1) is 23.4 Å². The summed E-state index contributed by atoms with van der Waals surface area (Å²) in [4.78, 5) is 0. The molecule has 0 unspecified atom stereocenters. The van der Waals surface area contributed by atoms with E-state index in [9.17, 15) is 10.2 Å². The van der Waals surface area contributed by atoms with Crippen LogP contribution in [0.15, 0.2) is 0 Å². The number of hydrogen-bond donors (Lipinski definition) is 2. The molecule has 10 atom stereocenters. The molecule has 4 saturated carbocycles. The minimum atomic E-state index is -0.755. The molecule has 1 saturated heterocycles. The van der Waals surface area contributed by atoms with Crippen LogP contribution >= 0.6 is 0 Å². The predicted molar refractivity (Wildman–Crippen MR) is 134 cm³/mol. The van der Waals surface area contributed by atoms with Crippen molar-refractivity contribution in [2.75, 3.05) is 0 Å². The van der Waals surface area contributed by atoms with Crippen LogP contribution in [0.5, 0.6) is 0 Å². The van der Waals surface area contributed by atoms with E-state index in [0.717, 1.165) is 31.1 Å². The van der Waals surface area contributed by atoms with Crippen LogP contribution < -0.4 is 0 Å². The van der Waals surface area contributed by atoms with Crippen LogP contribution in [0.3, 0.4) is 0 Å². The van der Waals surface area contributed by atoms with E-state index in [1.807, 2.05) is 13.8 Å². The highest BCUT2D eigenvalue weighted by Gasteiger charge is 2.70. The molecule has 1 aliphatic heterocycles. The predicted octanol–water partition coefficient (Wildman–Crippen LogP) is 6.74. The Hall–Kier alpha value is -0.120. The van der Waals surface area contributed by atoms with Gasteiger partial charge in [-0.2, -0.15) is 0 Å². The van der Waals surface area contributed by atoms with Crippen molar-refractivity contribution in [3.63, 3.8) is 0 Å². The zero-order valence-corrected chi connectivity index (χ0v) is 22.8. The summed E-state index contributed by atoms with van der Waals surface area (Å²) >= 11 is 0. The first kappa shape index (κ1) is 24.6. The first-order valence-corrected chi connectivity index (χ1v) is 14.2. The number of rotatable bonds is 2. The molecule has 190 valence electrons. The molecule has 2 N–H and O–H groups in total. The topological polar surface area (TPSA) is 49.7 Å². The molecule has 0 aromatic heterocycles. The van der Waals surface area contributed by atoms with Crippen molar-refractivity contribution < 1.29 is 14.9 Å². The zero-order valence-electron chi connectivity index (χ0n) is 22.8. The number of fused-ring (bicyclic) bond motifs is 5. The van der Waals surface area contributed by atoms with Gasteiger partial charge in [-0.3, -0.25) is 0 Å². The Kier molecular flexibility index (Phi) is 5.38. The molecule has 3 heteroatoms. The third-order valence-electron chi connectivity index (χ3n) is 13.3.